The van der Waals surface area contributed by atoms with E-state index in [2.05, 4.69) is 10.4 Å². The average molecular weight is 385 g/mol. The third kappa shape index (κ3) is 4.12. The van der Waals surface area contributed by atoms with Gasteiger partial charge in [-0.05, 0) is 23.3 Å². The van der Waals surface area contributed by atoms with Crippen molar-refractivity contribution >= 4 is 11.6 Å². The predicted octanol–water partition coefficient (Wildman–Crippen LogP) is 1.60. The molecule has 3 N–H and O–H groups in total. The van der Waals surface area contributed by atoms with Crippen molar-refractivity contribution in [2.75, 3.05) is 11.9 Å². The van der Waals surface area contributed by atoms with Crippen LogP contribution in [0.15, 0.2) is 18.2 Å². The summed E-state index contributed by atoms with van der Waals surface area (Å²) in [7, 11) is 0. The molecule has 0 radical (unpaired) electrons. The van der Waals surface area contributed by atoms with Crippen LogP contribution < -0.4 is 5.32 Å². The van der Waals surface area contributed by atoms with Crippen LogP contribution in [0.5, 0.6) is 0 Å². The van der Waals surface area contributed by atoms with Crippen molar-refractivity contribution in [3.63, 3.8) is 0 Å². The smallest absolute Gasteiger partial charge is 0.392 e. The van der Waals surface area contributed by atoms with Crippen molar-refractivity contribution in [1.29, 1.82) is 0 Å². The molecule has 0 unspecified atom stereocenters. The van der Waals surface area contributed by atoms with Crippen molar-refractivity contribution < 1.29 is 32.9 Å². The molecule has 7 nitrogen and oxygen atoms in total. The normalized spacial score (nSPS) is 14.1. The highest BCUT2D eigenvalue weighted by Gasteiger charge is 2.40. The van der Waals surface area contributed by atoms with Crippen LogP contribution in [0.4, 0.5) is 18.9 Å². The zero-order valence-corrected chi connectivity index (χ0v) is 14.2. The first-order chi connectivity index (χ1) is 12.8. The highest BCUT2D eigenvalue weighted by molar-refractivity contribution is 5.90. The third-order valence-electron chi connectivity index (χ3n) is 4.29. The highest BCUT2D eigenvalue weighted by atomic mass is 19.4. The van der Waals surface area contributed by atoms with Crippen LogP contribution in [-0.2, 0) is 48.5 Å². The summed E-state index contributed by atoms with van der Waals surface area (Å²) in [4.78, 5) is 12.3. The van der Waals surface area contributed by atoms with Crippen molar-refractivity contribution in [3.8, 4) is 0 Å². The van der Waals surface area contributed by atoms with E-state index in [0.717, 1.165) is 4.68 Å². The molecule has 2 aromatic rings. The Balaban J connectivity index is 1.80. The molecule has 146 valence electrons. The molecule has 10 heteroatoms. The number of halogens is 3. The first-order valence-corrected chi connectivity index (χ1v) is 8.20. The van der Waals surface area contributed by atoms with Crippen molar-refractivity contribution in [1.82, 2.24) is 9.78 Å². The van der Waals surface area contributed by atoms with E-state index in [1.807, 2.05) is 0 Å². The standard InChI is InChI=1S/C17H18F3N3O4/c18-17(19,20)16-13-9-27-4-3-14(13)23(22-16)6-15(26)21-12-2-1-10(7-24)11(5-12)8-25/h1-2,5,24-25H,3-4,6-9H2,(H,21,26). The zero-order chi connectivity index (χ0) is 19.6. The van der Waals surface area contributed by atoms with Gasteiger partial charge in [0, 0.05) is 23.4 Å². The lowest BCUT2D eigenvalue weighted by Crippen LogP contribution is -2.22. The molecular formula is C17H18F3N3O4. The summed E-state index contributed by atoms with van der Waals surface area (Å²) in [6.07, 6.45) is -4.38. The fourth-order valence-electron chi connectivity index (χ4n) is 3.01. The number of nitrogens with one attached hydrogen (secondary N) is 1. The van der Waals surface area contributed by atoms with Crippen LogP contribution in [0, 0.1) is 0 Å². The van der Waals surface area contributed by atoms with Crippen LogP contribution in [0.1, 0.15) is 28.1 Å². The fourth-order valence-corrected chi connectivity index (χ4v) is 3.01. The minimum absolute atomic E-state index is 0.0311. The SMILES string of the molecule is O=C(Cn1nc(C(F)(F)F)c2c1CCOC2)Nc1ccc(CO)c(CO)c1. The minimum Gasteiger partial charge on any atom is -0.392 e. The summed E-state index contributed by atoms with van der Waals surface area (Å²) in [6.45, 7) is -0.879. The number of carbonyl (C=O) groups is 1. The van der Waals surface area contributed by atoms with Gasteiger partial charge in [0.1, 0.15) is 6.54 Å². The van der Waals surface area contributed by atoms with Gasteiger partial charge < -0.3 is 20.3 Å². The Kier molecular flexibility index (Phi) is 5.49. The second kappa shape index (κ2) is 7.67. The molecule has 27 heavy (non-hydrogen) atoms. The number of ether oxygens (including phenoxy) is 1. The molecule has 1 aromatic carbocycles. The van der Waals surface area contributed by atoms with Gasteiger partial charge >= 0.3 is 6.18 Å². The van der Waals surface area contributed by atoms with Gasteiger partial charge in [-0.3, -0.25) is 9.48 Å². The quantitative estimate of drug-likeness (QED) is 0.727. The number of aliphatic hydroxyl groups excluding tert-OH is 2. The summed E-state index contributed by atoms with van der Waals surface area (Å²) >= 11 is 0. The average Bonchev–Trinajstić information content (AvgIpc) is 3.00. The fraction of sp³-hybridized carbons (Fsp3) is 0.412. The molecule has 1 aliphatic rings. The molecule has 0 atom stereocenters. The lowest BCUT2D eigenvalue weighted by molar-refractivity contribution is -0.143. The van der Waals surface area contributed by atoms with Gasteiger partial charge in [0.25, 0.3) is 0 Å². The summed E-state index contributed by atoms with van der Waals surface area (Å²) in [5.41, 5.74) is 0.614. The maximum absolute atomic E-state index is 13.2. The topological polar surface area (TPSA) is 96.6 Å². The zero-order valence-electron chi connectivity index (χ0n) is 14.2. The van der Waals surface area contributed by atoms with Gasteiger partial charge in [-0.1, -0.05) is 6.07 Å². The molecule has 0 saturated carbocycles. The van der Waals surface area contributed by atoms with E-state index < -0.39 is 17.8 Å². The van der Waals surface area contributed by atoms with E-state index in [0.29, 0.717) is 22.5 Å². The van der Waals surface area contributed by atoms with Gasteiger partial charge in [0.05, 0.1) is 26.4 Å². The summed E-state index contributed by atoms with van der Waals surface area (Å²) in [6, 6.07) is 4.59. The summed E-state index contributed by atoms with van der Waals surface area (Å²) in [5, 5.41) is 24.6. The number of carbonyl (C=O) groups excluding carboxylic acids is 1. The van der Waals surface area contributed by atoms with Crippen LogP contribution in [0.25, 0.3) is 0 Å². The molecule has 1 aromatic heterocycles. The van der Waals surface area contributed by atoms with Gasteiger partial charge in [0.15, 0.2) is 5.69 Å². The van der Waals surface area contributed by atoms with Crippen LogP contribution in [-0.4, -0.2) is 32.5 Å². The lowest BCUT2D eigenvalue weighted by Gasteiger charge is -2.15. The van der Waals surface area contributed by atoms with Crippen molar-refractivity contribution in [2.24, 2.45) is 0 Å². The number of amides is 1. The molecule has 1 aliphatic heterocycles. The number of hydrogen-bond acceptors (Lipinski definition) is 5. The lowest BCUT2D eigenvalue weighted by atomic mass is 10.1. The molecular weight excluding hydrogens is 367 g/mol. The Bertz CT molecular complexity index is 849. The predicted molar refractivity (Wildman–Crippen MR) is 87.5 cm³/mol. The number of nitrogens with zero attached hydrogens (tertiary/aromatic N) is 2. The van der Waals surface area contributed by atoms with E-state index in [4.69, 9.17) is 4.74 Å². The number of benzene rings is 1. The Labute approximate surface area is 152 Å². The van der Waals surface area contributed by atoms with Crippen molar-refractivity contribution in [3.05, 3.63) is 46.3 Å². The molecule has 3 rings (SSSR count). The Morgan fingerprint density at radius 2 is 2.00 bits per heavy atom. The molecule has 0 aliphatic carbocycles. The number of aliphatic hydroxyl groups is 2. The molecule has 0 spiro atoms. The van der Waals surface area contributed by atoms with Gasteiger partial charge in [-0.25, -0.2) is 0 Å². The van der Waals surface area contributed by atoms with E-state index in [1.54, 1.807) is 6.07 Å². The van der Waals surface area contributed by atoms with Gasteiger partial charge in [-0.2, -0.15) is 18.3 Å². The molecule has 0 saturated heterocycles. The minimum atomic E-state index is -4.62. The number of rotatable bonds is 5. The van der Waals surface area contributed by atoms with Gasteiger partial charge in [0.2, 0.25) is 5.91 Å². The van der Waals surface area contributed by atoms with Gasteiger partial charge in [-0.15, -0.1) is 0 Å². The van der Waals surface area contributed by atoms with Crippen molar-refractivity contribution in [2.45, 2.75) is 39.0 Å². The maximum atomic E-state index is 13.2. The monoisotopic (exact) mass is 385 g/mol. The highest BCUT2D eigenvalue weighted by Crippen LogP contribution is 2.34. The second-order valence-electron chi connectivity index (χ2n) is 6.08. The summed E-state index contributed by atoms with van der Waals surface area (Å²) < 4.78 is 45.6. The van der Waals surface area contributed by atoms with E-state index in [1.165, 1.54) is 12.1 Å². The second-order valence-corrected chi connectivity index (χ2v) is 6.08. The summed E-state index contributed by atoms with van der Waals surface area (Å²) in [5.74, 6) is -0.554. The number of fused-ring (bicyclic) bond motifs is 1. The first kappa shape index (κ1) is 19.3. The number of alkyl halides is 3. The number of aromatic nitrogens is 2. The van der Waals surface area contributed by atoms with Crippen LogP contribution in [0.3, 0.4) is 0 Å². The molecule has 2 heterocycles. The number of hydrogen-bond donors (Lipinski definition) is 3. The van der Waals surface area contributed by atoms with E-state index in [9.17, 15) is 28.2 Å². The Morgan fingerprint density at radius 1 is 1.26 bits per heavy atom. The molecule has 0 bridgehead atoms. The Morgan fingerprint density at radius 3 is 2.67 bits per heavy atom. The maximum Gasteiger partial charge on any atom is 0.435 e. The molecule has 0 fully saturated rings. The third-order valence-corrected chi connectivity index (χ3v) is 4.29. The Hall–Kier alpha value is -2.43. The molecule has 1 amide bonds. The first-order valence-electron chi connectivity index (χ1n) is 8.20. The van der Waals surface area contributed by atoms with Crippen LogP contribution >= 0.6 is 0 Å². The van der Waals surface area contributed by atoms with E-state index >= 15 is 0 Å². The number of anilines is 1. The largest absolute Gasteiger partial charge is 0.435 e. The van der Waals surface area contributed by atoms with Crippen LogP contribution in [0.2, 0.25) is 0 Å². The van der Waals surface area contributed by atoms with E-state index in [-0.39, 0.29) is 45.0 Å².